The number of anilines is 1. The van der Waals surface area contributed by atoms with E-state index in [1.807, 2.05) is 0 Å². The van der Waals surface area contributed by atoms with Crippen LogP contribution in [0.1, 0.15) is 13.8 Å². The van der Waals surface area contributed by atoms with E-state index in [-0.39, 0.29) is 0 Å². The predicted molar refractivity (Wildman–Crippen MR) is 67.9 cm³/mol. The van der Waals surface area contributed by atoms with Crippen LogP contribution in [0.25, 0.3) is 0 Å². The van der Waals surface area contributed by atoms with Crippen molar-refractivity contribution in [2.75, 3.05) is 19.5 Å². The molecule has 17 heavy (non-hydrogen) atoms. The van der Waals surface area contributed by atoms with Gasteiger partial charge in [-0.2, -0.15) is 5.26 Å². The van der Waals surface area contributed by atoms with Crippen LogP contribution in [0.4, 0.5) is 5.69 Å². The molecular formula is C12H15ClN2O2. The van der Waals surface area contributed by atoms with Gasteiger partial charge in [-0.1, -0.05) is 11.6 Å². The monoisotopic (exact) mass is 254 g/mol. The van der Waals surface area contributed by atoms with Gasteiger partial charge in [-0.25, -0.2) is 0 Å². The van der Waals surface area contributed by atoms with Crippen LogP contribution < -0.4 is 14.8 Å². The molecule has 0 aromatic heterocycles. The van der Waals surface area contributed by atoms with E-state index >= 15 is 0 Å². The molecule has 5 heteroatoms. The lowest BCUT2D eigenvalue weighted by molar-refractivity contribution is 0.404. The molecule has 1 N–H and O–H groups in total. The number of benzene rings is 1. The summed E-state index contributed by atoms with van der Waals surface area (Å²) in [5.74, 6) is 1.10. The van der Waals surface area contributed by atoms with Crippen LogP contribution in [0, 0.1) is 11.3 Å². The fraction of sp³-hybridized carbons (Fsp3) is 0.417. The molecule has 0 saturated carbocycles. The van der Waals surface area contributed by atoms with Gasteiger partial charge in [0, 0.05) is 12.1 Å². The maximum atomic E-state index is 8.99. The zero-order chi connectivity index (χ0) is 13.1. The van der Waals surface area contributed by atoms with E-state index < -0.39 is 5.54 Å². The summed E-state index contributed by atoms with van der Waals surface area (Å²) >= 11 is 5.99. The second-order valence-electron chi connectivity index (χ2n) is 4.05. The number of nitrogens with zero attached hydrogens (tertiary/aromatic N) is 1. The Balaban J connectivity index is 3.18. The number of rotatable bonds is 4. The first-order chi connectivity index (χ1) is 7.93. The van der Waals surface area contributed by atoms with Gasteiger partial charge in [0.05, 0.1) is 31.0 Å². The Morgan fingerprint density at radius 2 is 1.82 bits per heavy atom. The Kier molecular flexibility index (Phi) is 4.08. The highest BCUT2D eigenvalue weighted by atomic mass is 35.5. The number of hydrogen-bond donors (Lipinski definition) is 1. The third-order valence-corrected chi connectivity index (χ3v) is 2.50. The maximum absolute atomic E-state index is 8.99. The molecular weight excluding hydrogens is 240 g/mol. The van der Waals surface area contributed by atoms with E-state index in [1.165, 1.54) is 7.11 Å². The maximum Gasteiger partial charge on any atom is 0.143 e. The van der Waals surface area contributed by atoms with E-state index in [0.717, 1.165) is 0 Å². The molecule has 0 bridgehead atoms. The van der Waals surface area contributed by atoms with Crippen LogP contribution >= 0.6 is 11.6 Å². The van der Waals surface area contributed by atoms with Crippen LogP contribution in [-0.2, 0) is 0 Å². The Labute approximate surface area is 106 Å². The summed E-state index contributed by atoms with van der Waals surface area (Å²) in [5.41, 5.74) is -0.0353. The van der Waals surface area contributed by atoms with Gasteiger partial charge in [-0.15, -0.1) is 0 Å². The zero-order valence-electron chi connectivity index (χ0n) is 10.3. The standard InChI is InChI=1S/C12H15ClN2O2/c1-12(2,7-14)15-9-6-10(16-3)8(13)5-11(9)17-4/h5-6,15H,1-4H3. The topological polar surface area (TPSA) is 54.3 Å². The molecule has 1 rings (SSSR count). The Morgan fingerprint density at radius 1 is 1.24 bits per heavy atom. The van der Waals surface area contributed by atoms with Crippen molar-refractivity contribution in [2.24, 2.45) is 0 Å². The van der Waals surface area contributed by atoms with E-state index in [2.05, 4.69) is 11.4 Å². The normalized spacial score (nSPS) is 10.6. The Morgan fingerprint density at radius 3 is 2.29 bits per heavy atom. The fourth-order valence-electron chi connectivity index (χ4n) is 1.32. The summed E-state index contributed by atoms with van der Waals surface area (Å²) in [7, 11) is 3.08. The highest BCUT2D eigenvalue weighted by Crippen LogP contribution is 2.36. The van der Waals surface area contributed by atoms with Crippen LogP contribution in [0.2, 0.25) is 5.02 Å². The van der Waals surface area contributed by atoms with E-state index in [0.29, 0.717) is 22.2 Å². The summed E-state index contributed by atoms with van der Waals surface area (Å²) in [6, 6.07) is 5.51. The highest BCUT2D eigenvalue weighted by Gasteiger charge is 2.19. The average Bonchev–Trinajstić information content (AvgIpc) is 2.30. The van der Waals surface area contributed by atoms with Gasteiger partial charge in [-0.3, -0.25) is 0 Å². The molecule has 0 fully saturated rings. The molecule has 4 nitrogen and oxygen atoms in total. The Bertz CT molecular complexity index is 453. The molecule has 0 aliphatic carbocycles. The minimum absolute atomic E-state index is 0.463. The van der Waals surface area contributed by atoms with Crippen molar-refractivity contribution in [1.82, 2.24) is 0 Å². The third-order valence-electron chi connectivity index (χ3n) is 2.20. The van der Waals surface area contributed by atoms with E-state index in [9.17, 15) is 0 Å². The molecule has 0 heterocycles. The minimum atomic E-state index is -0.702. The highest BCUT2D eigenvalue weighted by molar-refractivity contribution is 6.32. The fourth-order valence-corrected chi connectivity index (χ4v) is 1.55. The average molecular weight is 255 g/mol. The lowest BCUT2D eigenvalue weighted by Gasteiger charge is -2.21. The number of hydrogen-bond acceptors (Lipinski definition) is 4. The van der Waals surface area contributed by atoms with Crippen molar-refractivity contribution < 1.29 is 9.47 Å². The van der Waals surface area contributed by atoms with Crippen LogP contribution in [0.3, 0.4) is 0 Å². The molecule has 0 aliphatic rings. The summed E-state index contributed by atoms with van der Waals surface area (Å²) in [6.07, 6.45) is 0. The van der Waals surface area contributed by atoms with E-state index in [4.69, 9.17) is 26.3 Å². The van der Waals surface area contributed by atoms with Gasteiger partial charge in [0.25, 0.3) is 0 Å². The van der Waals surface area contributed by atoms with Crippen molar-refractivity contribution in [3.8, 4) is 17.6 Å². The quantitative estimate of drug-likeness (QED) is 0.897. The van der Waals surface area contributed by atoms with Crippen LogP contribution in [0.15, 0.2) is 12.1 Å². The molecule has 0 amide bonds. The summed E-state index contributed by atoms with van der Waals surface area (Å²) in [4.78, 5) is 0. The summed E-state index contributed by atoms with van der Waals surface area (Å²) in [5, 5.41) is 12.5. The smallest absolute Gasteiger partial charge is 0.143 e. The lowest BCUT2D eigenvalue weighted by atomic mass is 10.1. The van der Waals surface area contributed by atoms with Gasteiger partial charge >= 0.3 is 0 Å². The van der Waals surface area contributed by atoms with Crippen molar-refractivity contribution in [3.63, 3.8) is 0 Å². The summed E-state index contributed by atoms with van der Waals surface area (Å²) < 4.78 is 10.3. The molecule has 0 aliphatic heterocycles. The largest absolute Gasteiger partial charge is 0.495 e. The number of nitrogens with one attached hydrogen (secondary N) is 1. The molecule has 0 saturated heterocycles. The van der Waals surface area contributed by atoms with Crippen molar-refractivity contribution in [3.05, 3.63) is 17.2 Å². The van der Waals surface area contributed by atoms with Gasteiger partial charge in [-0.05, 0) is 13.8 Å². The molecule has 92 valence electrons. The van der Waals surface area contributed by atoms with Gasteiger partial charge in [0.1, 0.15) is 17.0 Å². The predicted octanol–water partition coefficient (Wildman–Crippen LogP) is 3.07. The van der Waals surface area contributed by atoms with Gasteiger partial charge in [0.15, 0.2) is 0 Å². The molecule has 0 spiro atoms. The van der Waals surface area contributed by atoms with Crippen LogP contribution in [0.5, 0.6) is 11.5 Å². The molecule has 0 atom stereocenters. The van der Waals surface area contributed by atoms with Crippen molar-refractivity contribution in [1.29, 1.82) is 5.26 Å². The Hall–Kier alpha value is -1.60. The lowest BCUT2D eigenvalue weighted by Crippen LogP contribution is -2.28. The number of ether oxygens (including phenoxy) is 2. The molecule has 0 radical (unpaired) electrons. The number of halogens is 1. The van der Waals surface area contributed by atoms with Crippen LogP contribution in [-0.4, -0.2) is 19.8 Å². The van der Waals surface area contributed by atoms with Gasteiger partial charge < -0.3 is 14.8 Å². The first-order valence-corrected chi connectivity index (χ1v) is 5.42. The number of nitriles is 1. The number of methoxy groups -OCH3 is 2. The first-order valence-electron chi connectivity index (χ1n) is 5.04. The summed E-state index contributed by atoms with van der Waals surface area (Å²) in [6.45, 7) is 3.54. The second-order valence-corrected chi connectivity index (χ2v) is 4.46. The molecule has 1 aromatic carbocycles. The zero-order valence-corrected chi connectivity index (χ0v) is 11.1. The van der Waals surface area contributed by atoms with Crippen molar-refractivity contribution >= 4 is 17.3 Å². The minimum Gasteiger partial charge on any atom is -0.495 e. The molecule has 1 aromatic rings. The van der Waals surface area contributed by atoms with E-state index in [1.54, 1.807) is 33.1 Å². The third kappa shape index (κ3) is 3.18. The molecule has 0 unspecified atom stereocenters. The second kappa shape index (κ2) is 5.15. The SMILES string of the molecule is COc1cc(NC(C)(C)C#N)c(OC)cc1Cl. The first kappa shape index (κ1) is 13.5. The van der Waals surface area contributed by atoms with Crippen molar-refractivity contribution in [2.45, 2.75) is 19.4 Å². The van der Waals surface area contributed by atoms with Gasteiger partial charge in [0.2, 0.25) is 0 Å².